The van der Waals surface area contributed by atoms with Crippen LogP contribution in [0.5, 0.6) is 5.75 Å². The number of carbonyl (C=O) groups is 1. The maximum atomic E-state index is 12.2. The molecule has 6 nitrogen and oxygen atoms in total. The molecule has 0 unspecified atom stereocenters. The number of nitrogens with zero attached hydrogens (tertiary/aromatic N) is 2. The van der Waals surface area contributed by atoms with E-state index in [0.29, 0.717) is 19.0 Å². The second-order valence-corrected chi connectivity index (χ2v) is 7.88. The Bertz CT molecular complexity index is 609. The van der Waals surface area contributed by atoms with Crippen molar-refractivity contribution in [3.05, 3.63) is 29.8 Å². The van der Waals surface area contributed by atoms with Crippen molar-refractivity contribution in [2.24, 2.45) is 5.92 Å². The quantitative estimate of drug-likeness (QED) is 0.714. The minimum absolute atomic E-state index is 0.0485. The lowest BCUT2D eigenvalue weighted by Gasteiger charge is -2.27. The number of hydrogen-bond acceptors (Lipinski definition) is 4. The van der Waals surface area contributed by atoms with Gasteiger partial charge in [0.05, 0.1) is 5.75 Å². The summed E-state index contributed by atoms with van der Waals surface area (Å²) in [6, 6.07) is 6.72. The molecule has 0 spiro atoms. The van der Waals surface area contributed by atoms with E-state index >= 15 is 0 Å². The van der Waals surface area contributed by atoms with Crippen LogP contribution in [0, 0.1) is 5.92 Å². The lowest BCUT2D eigenvalue weighted by molar-refractivity contribution is 0.161. The van der Waals surface area contributed by atoms with Gasteiger partial charge in [-0.3, -0.25) is 0 Å². The van der Waals surface area contributed by atoms with E-state index in [-0.39, 0.29) is 17.5 Å². The van der Waals surface area contributed by atoms with Gasteiger partial charge in [-0.25, -0.2) is 4.79 Å². The summed E-state index contributed by atoms with van der Waals surface area (Å²) in [6.07, 6.45) is 0. The molecule has 0 atom stereocenters. The Morgan fingerprint density at radius 1 is 1.17 bits per heavy atom. The Morgan fingerprint density at radius 2 is 1.74 bits per heavy atom. The number of amides is 2. The number of carbonyl (C=O) groups excluding carboxylic acids is 1. The Kier molecular flexibility index (Phi) is 6.87. The minimum Gasteiger partial charge on any atom is -0.382 e. The first-order valence-corrected chi connectivity index (χ1v) is 9.19. The molecule has 1 aromatic carbocycles. The molecule has 0 aliphatic carbocycles. The maximum absolute atomic E-state index is 12.2. The molecule has 0 saturated carbocycles. The van der Waals surface area contributed by atoms with Crippen LogP contribution in [-0.4, -0.2) is 50.6 Å². The van der Waals surface area contributed by atoms with Crippen molar-refractivity contribution in [2.75, 3.05) is 26.4 Å². The Morgan fingerprint density at radius 3 is 2.17 bits per heavy atom. The predicted octanol–water partition coefficient (Wildman–Crippen LogP) is 2.55. The summed E-state index contributed by atoms with van der Waals surface area (Å²) in [6.45, 7) is 6.76. The van der Waals surface area contributed by atoms with Crippen LogP contribution in [0.1, 0.15) is 26.3 Å². The second-order valence-electron chi connectivity index (χ2n) is 6.03. The molecular formula is C16H26N2O4S. The maximum Gasteiger partial charge on any atom is 0.319 e. The topological polar surface area (TPSA) is 66.9 Å². The Labute approximate surface area is 139 Å². The molecule has 0 heterocycles. The van der Waals surface area contributed by atoms with Crippen LogP contribution >= 0.6 is 0 Å². The van der Waals surface area contributed by atoms with Crippen LogP contribution in [0.2, 0.25) is 0 Å². The second kappa shape index (κ2) is 8.19. The molecule has 1 aromatic rings. The Hall–Kier alpha value is -1.76. The number of benzene rings is 1. The van der Waals surface area contributed by atoms with E-state index in [2.05, 4.69) is 13.8 Å². The monoisotopic (exact) mass is 342 g/mol. The van der Waals surface area contributed by atoms with Crippen molar-refractivity contribution < 1.29 is 17.4 Å². The molecule has 0 aliphatic rings. The van der Waals surface area contributed by atoms with Gasteiger partial charge in [-0.15, -0.1) is 0 Å². The molecule has 2 amide bonds. The highest BCUT2D eigenvalue weighted by Crippen LogP contribution is 2.17. The fourth-order valence-corrected chi connectivity index (χ4v) is 2.53. The van der Waals surface area contributed by atoms with Crippen LogP contribution in [0.25, 0.3) is 0 Å². The summed E-state index contributed by atoms with van der Waals surface area (Å²) in [7, 11) is -0.0714. The molecule has 130 valence electrons. The van der Waals surface area contributed by atoms with Gasteiger partial charge in [0, 0.05) is 27.2 Å². The van der Waals surface area contributed by atoms with E-state index in [1.165, 1.54) is 6.92 Å². The van der Waals surface area contributed by atoms with E-state index < -0.39 is 10.1 Å². The smallest absolute Gasteiger partial charge is 0.319 e. The summed E-state index contributed by atoms with van der Waals surface area (Å²) >= 11 is 0. The third-order valence-electron chi connectivity index (χ3n) is 3.11. The van der Waals surface area contributed by atoms with E-state index in [0.717, 1.165) is 5.56 Å². The third-order valence-corrected chi connectivity index (χ3v) is 4.27. The largest absolute Gasteiger partial charge is 0.382 e. The first kappa shape index (κ1) is 19.3. The van der Waals surface area contributed by atoms with Crippen molar-refractivity contribution >= 4 is 16.1 Å². The van der Waals surface area contributed by atoms with Gasteiger partial charge in [0.25, 0.3) is 0 Å². The van der Waals surface area contributed by atoms with Gasteiger partial charge in [-0.2, -0.15) is 8.42 Å². The van der Waals surface area contributed by atoms with Gasteiger partial charge in [0.1, 0.15) is 5.75 Å². The van der Waals surface area contributed by atoms with Gasteiger partial charge in [0.2, 0.25) is 0 Å². The molecule has 23 heavy (non-hydrogen) atoms. The minimum atomic E-state index is -3.52. The molecule has 0 bridgehead atoms. The van der Waals surface area contributed by atoms with Crippen LogP contribution in [0.4, 0.5) is 4.79 Å². The predicted molar refractivity (Wildman–Crippen MR) is 90.9 cm³/mol. The van der Waals surface area contributed by atoms with Crippen LogP contribution in [-0.2, 0) is 16.7 Å². The number of urea groups is 1. The average molecular weight is 342 g/mol. The summed E-state index contributed by atoms with van der Waals surface area (Å²) in [4.78, 5) is 15.5. The SMILES string of the molecule is CCS(=O)(=O)Oc1ccc(CN(CC(C)C)C(=O)N(C)C)cc1. The summed E-state index contributed by atoms with van der Waals surface area (Å²) in [5, 5.41) is 0. The first-order chi connectivity index (χ1) is 10.6. The van der Waals surface area contributed by atoms with Crippen molar-refractivity contribution in [1.82, 2.24) is 9.80 Å². The molecule has 0 aromatic heterocycles. The summed E-state index contributed by atoms with van der Waals surface area (Å²) in [5.74, 6) is 0.565. The molecule has 0 saturated heterocycles. The molecular weight excluding hydrogens is 316 g/mol. The number of rotatable bonds is 7. The van der Waals surface area contributed by atoms with E-state index in [1.807, 2.05) is 0 Å². The zero-order chi connectivity index (χ0) is 17.6. The molecule has 0 radical (unpaired) electrons. The van der Waals surface area contributed by atoms with Crippen molar-refractivity contribution in [3.63, 3.8) is 0 Å². The van der Waals surface area contributed by atoms with Gasteiger partial charge < -0.3 is 14.0 Å². The average Bonchev–Trinajstić information content (AvgIpc) is 2.47. The first-order valence-electron chi connectivity index (χ1n) is 7.62. The van der Waals surface area contributed by atoms with E-state index in [1.54, 1.807) is 48.2 Å². The van der Waals surface area contributed by atoms with Crippen molar-refractivity contribution in [3.8, 4) is 5.75 Å². The van der Waals surface area contributed by atoms with Gasteiger partial charge >= 0.3 is 16.1 Å². The normalized spacial score (nSPS) is 11.4. The molecule has 0 fully saturated rings. The highest BCUT2D eigenvalue weighted by atomic mass is 32.2. The van der Waals surface area contributed by atoms with Crippen LogP contribution in [0.15, 0.2) is 24.3 Å². The zero-order valence-electron chi connectivity index (χ0n) is 14.4. The van der Waals surface area contributed by atoms with Crippen LogP contribution < -0.4 is 4.18 Å². The van der Waals surface area contributed by atoms with Gasteiger partial charge in [-0.1, -0.05) is 26.0 Å². The third kappa shape index (κ3) is 6.48. The lowest BCUT2D eigenvalue weighted by atomic mass is 10.1. The standard InChI is InChI=1S/C16H26N2O4S/c1-6-23(20,21)22-15-9-7-14(8-10-15)12-18(11-13(2)3)16(19)17(4)5/h7-10,13H,6,11-12H2,1-5H3. The summed E-state index contributed by atoms with van der Waals surface area (Å²) < 4.78 is 27.8. The van der Waals surface area contributed by atoms with Gasteiger partial charge in [-0.05, 0) is 30.5 Å². The van der Waals surface area contributed by atoms with Crippen LogP contribution in [0.3, 0.4) is 0 Å². The summed E-state index contributed by atoms with van der Waals surface area (Å²) in [5.41, 5.74) is 0.919. The van der Waals surface area contributed by atoms with Crippen molar-refractivity contribution in [2.45, 2.75) is 27.3 Å². The lowest BCUT2D eigenvalue weighted by Crippen LogP contribution is -2.40. The van der Waals surface area contributed by atoms with E-state index in [4.69, 9.17) is 4.18 Å². The highest BCUT2D eigenvalue weighted by Gasteiger charge is 2.17. The fourth-order valence-electron chi connectivity index (χ4n) is 2.01. The van der Waals surface area contributed by atoms with Crippen molar-refractivity contribution in [1.29, 1.82) is 0 Å². The Balaban J connectivity index is 2.83. The molecule has 1 rings (SSSR count). The highest BCUT2D eigenvalue weighted by molar-refractivity contribution is 7.87. The number of hydrogen-bond donors (Lipinski definition) is 0. The zero-order valence-corrected chi connectivity index (χ0v) is 15.3. The molecule has 0 N–H and O–H groups in total. The van der Waals surface area contributed by atoms with Gasteiger partial charge in [0.15, 0.2) is 0 Å². The molecule has 7 heteroatoms. The fraction of sp³-hybridized carbons (Fsp3) is 0.562. The van der Waals surface area contributed by atoms with E-state index in [9.17, 15) is 13.2 Å². The molecule has 0 aliphatic heterocycles.